The quantitative estimate of drug-likeness (QED) is 0.618. The third kappa shape index (κ3) is 3.56. The highest BCUT2D eigenvalue weighted by Crippen LogP contribution is 2.49. The van der Waals surface area contributed by atoms with Gasteiger partial charge in [0.15, 0.2) is 0 Å². The molecule has 6 nitrogen and oxygen atoms in total. The van der Waals surface area contributed by atoms with Crippen molar-refractivity contribution in [2.24, 2.45) is 5.41 Å². The van der Waals surface area contributed by atoms with Gasteiger partial charge < -0.3 is 0 Å². The fourth-order valence-corrected chi connectivity index (χ4v) is 3.53. The van der Waals surface area contributed by atoms with Crippen molar-refractivity contribution in [1.82, 2.24) is 4.72 Å². The number of halogens is 1. The van der Waals surface area contributed by atoms with Crippen LogP contribution < -0.4 is 4.72 Å². The fraction of sp³-hybridized carbons (Fsp3) is 0.538. The van der Waals surface area contributed by atoms with Gasteiger partial charge in [-0.1, -0.05) is 13.3 Å². The number of benzene rings is 1. The molecule has 1 aromatic carbocycles. The lowest BCUT2D eigenvalue weighted by molar-refractivity contribution is -0.387. The summed E-state index contributed by atoms with van der Waals surface area (Å²) in [6.07, 6.45) is 3.90. The molecule has 1 saturated carbocycles. The van der Waals surface area contributed by atoms with Gasteiger partial charge in [0, 0.05) is 18.7 Å². The number of nitrogens with zero attached hydrogens (tertiary/aromatic N) is 1. The summed E-state index contributed by atoms with van der Waals surface area (Å²) < 4.78 is 40.2. The second-order valence-corrected chi connectivity index (χ2v) is 7.21. The van der Waals surface area contributed by atoms with Crippen LogP contribution in [0.4, 0.5) is 10.1 Å². The van der Waals surface area contributed by atoms with E-state index in [0.717, 1.165) is 37.8 Å². The van der Waals surface area contributed by atoms with Crippen LogP contribution in [0.25, 0.3) is 0 Å². The lowest BCUT2D eigenvalue weighted by Crippen LogP contribution is -2.30. The Morgan fingerprint density at radius 1 is 1.43 bits per heavy atom. The lowest BCUT2D eigenvalue weighted by atomic mass is 10.0. The standard InChI is InChI=1S/C13H17FN2O4S/c1-2-5-13(6-7-13)9-15-21(19,20)10-3-4-12(16(17)18)11(14)8-10/h3-4,8,15H,2,5-7,9H2,1H3. The molecule has 2 rings (SSSR count). The molecule has 0 aromatic heterocycles. The predicted molar refractivity (Wildman–Crippen MR) is 74.8 cm³/mol. The number of nitro groups is 1. The summed E-state index contributed by atoms with van der Waals surface area (Å²) in [7, 11) is -3.85. The van der Waals surface area contributed by atoms with Crippen molar-refractivity contribution in [3.8, 4) is 0 Å². The average Bonchev–Trinajstić information content (AvgIpc) is 3.17. The molecule has 8 heteroatoms. The monoisotopic (exact) mass is 316 g/mol. The zero-order valence-corrected chi connectivity index (χ0v) is 12.5. The molecule has 0 heterocycles. The molecule has 0 amide bonds. The first-order chi connectivity index (χ1) is 9.80. The molecule has 1 N–H and O–H groups in total. The Hall–Kier alpha value is -1.54. The highest BCUT2D eigenvalue weighted by Gasteiger charge is 2.42. The van der Waals surface area contributed by atoms with E-state index in [1.807, 2.05) is 6.92 Å². The van der Waals surface area contributed by atoms with Gasteiger partial charge in [-0.15, -0.1) is 0 Å². The van der Waals surface area contributed by atoms with Gasteiger partial charge in [-0.25, -0.2) is 13.1 Å². The van der Waals surface area contributed by atoms with Crippen LogP contribution in [0.1, 0.15) is 32.6 Å². The van der Waals surface area contributed by atoms with Crippen LogP contribution in [0.2, 0.25) is 0 Å². The molecule has 21 heavy (non-hydrogen) atoms. The van der Waals surface area contributed by atoms with E-state index >= 15 is 0 Å². The molecule has 0 atom stereocenters. The van der Waals surface area contributed by atoms with Crippen molar-refractivity contribution in [2.75, 3.05) is 6.54 Å². The van der Waals surface area contributed by atoms with Crippen LogP contribution >= 0.6 is 0 Å². The van der Waals surface area contributed by atoms with E-state index in [-0.39, 0.29) is 10.3 Å². The number of hydrogen-bond donors (Lipinski definition) is 1. The molecule has 116 valence electrons. The minimum absolute atomic E-state index is 0.0289. The second kappa shape index (κ2) is 5.69. The van der Waals surface area contributed by atoms with Crippen LogP contribution in [0.3, 0.4) is 0 Å². The Morgan fingerprint density at radius 3 is 2.57 bits per heavy atom. The van der Waals surface area contributed by atoms with Gasteiger partial charge >= 0.3 is 5.69 Å². The highest BCUT2D eigenvalue weighted by molar-refractivity contribution is 7.89. The first-order valence-corrected chi connectivity index (χ1v) is 8.22. The first kappa shape index (κ1) is 15.8. The third-order valence-corrected chi connectivity index (χ3v) is 5.20. The molecule has 1 aromatic rings. The van der Waals surface area contributed by atoms with Gasteiger partial charge in [0.25, 0.3) is 0 Å². The van der Waals surface area contributed by atoms with Gasteiger partial charge in [0.1, 0.15) is 0 Å². The number of nitrogens with one attached hydrogen (secondary N) is 1. The molecule has 0 radical (unpaired) electrons. The maximum atomic E-state index is 13.5. The molecule has 0 saturated heterocycles. The minimum Gasteiger partial charge on any atom is -0.258 e. The topological polar surface area (TPSA) is 89.3 Å². The van der Waals surface area contributed by atoms with Gasteiger partial charge in [0.2, 0.25) is 15.8 Å². The van der Waals surface area contributed by atoms with E-state index in [4.69, 9.17) is 0 Å². The molecule has 0 aliphatic heterocycles. The molecule has 1 fully saturated rings. The van der Waals surface area contributed by atoms with Crippen LogP contribution in [0, 0.1) is 21.3 Å². The highest BCUT2D eigenvalue weighted by atomic mass is 32.2. The van der Waals surface area contributed by atoms with Crippen molar-refractivity contribution >= 4 is 15.7 Å². The number of nitro benzene ring substituents is 1. The van der Waals surface area contributed by atoms with Crippen molar-refractivity contribution in [2.45, 2.75) is 37.5 Å². The summed E-state index contributed by atoms with van der Waals surface area (Å²) in [5.41, 5.74) is -0.709. The van der Waals surface area contributed by atoms with Crippen molar-refractivity contribution in [3.05, 3.63) is 34.1 Å². The van der Waals surface area contributed by atoms with E-state index in [1.165, 1.54) is 0 Å². The van der Waals surface area contributed by atoms with Crippen LogP contribution in [-0.4, -0.2) is 19.9 Å². The van der Waals surface area contributed by atoms with E-state index < -0.39 is 26.5 Å². The van der Waals surface area contributed by atoms with Crippen LogP contribution in [0.5, 0.6) is 0 Å². The molecule has 1 aliphatic carbocycles. The van der Waals surface area contributed by atoms with Gasteiger partial charge in [-0.05, 0) is 30.7 Å². The van der Waals surface area contributed by atoms with E-state index in [2.05, 4.69) is 4.72 Å². The normalized spacial score (nSPS) is 16.7. The summed E-state index contributed by atoms with van der Waals surface area (Å²) in [4.78, 5) is 9.34. The number of sulfonamides is 1. The van der Waals surface area contributed by atoms with Crippen molar-refractivity contribution < 1.29 is 17.7 Å². The molecule has 0 bridgehead atoms. The van der Waals surface area contributed by atoms with E-state index in [9.17, 15) is 22.9 Å². The van der Waals surface area contributed by atoms with Crippen LogP contribution in [0.15, 0.2) is 23.1 Å². The summed E-state index contributed by atoms with van der Waals surface area (Å²) in [6, 6.07) is 2.59. The number of hydrogen-bond acceptors (Lipinski definition) is 4. The van der Waals surface area contributed by atoms with E-state index in [1.54, 1.807) is 0 Å². The first-order valence-electron chi connectivity index (χ1n) is 6.73. The molecule has 0 spiro atoms. The summed E-state index contributed by atoms with van der Waals surface area (Å²) in [5, 5.41) is 10.5. The lowest BCUT2D eigenvalue weighted by Gasteiger charge is -2.15. The third-order valence-electron chi connectivity index (χ3n) is 3.80. The van der Waals surface area contributed by atoms with Crippen molar-refractivity contribution in [3.63, 3.8) is 0 Å². The Balaban J connectivity index is 2.13. The largest absolute Gasteiger partial charge is 0.304 e. The molecular formula is C13H17FN2O4S. The maximum absolute atomic E-state index is 13.5. The second-order valence-electron chi connectivity index (χ2n) is 5.44. The Morgan fingerprint density at radius 2 is 2.10 bits per heavy atom. The van der Waals surface area contributed by atoms with Gasteiger partial charge in [0.05, 0.1) is 9.82 Å². The van der Waals surface area contributed by atoms with Gasteiger partial charge in [-0.2, -0.15) is 4.39 Å². The predicted octanol–water partition coefficient (Wildman–Crippen LogP) is 2.59. The Bertz CT molecular complexity index is 656. The fourth-order valence-electron chi connectivity index (χ4n) is 2.36. The van der Waals surface area contributed by atoms with Gasteiger partial charge in [-0.3, -0.25) is 10.1 Å². The summed E-state index contributed by atoms with van der Waals surface area (Å²) in [5.74, 6) is -1.16. The van der Waals surface area contributed by atoms with E-state index in [0.29, 0.717) is 12.6 Å². The minimum atomic E-state index is -3.85. The number of rotatable bonds is 7. The maximum Gasteiger partial charge on any atom is 0.304 e. The zero-order valence-electron chi connectivity index (χ0n) is 11.6. The summed E-state index contributed by atoms with van der Waals surface area (Å²) >= 11 is 0. The van der Waals surface area contributed by atoms with Crippen LogP contribution in [-0.2, 0) is 10.0 Å². The SMILES string of the molecule is CCCC1(CNS(=O)(=O)c2ccc([N+](=O)[O-])c(F)c2)CC1. The molecular weight excluding hydrogens is 299 g/mol. The van der Waals surface area contributed by atoms with Crippen molar-refractivity contribution in [1.29, 1.82) is 0 Å². The zero-order chi connectivity index (χ0) is 15.7. The smallest absolute Gasteiger partial charge is 0.258 e. The summed E-state index contributed by atoms with van der Waals surface area (Å²) in [6.45, 7) is 2.36. The molecule has 1 aliphatic rings. The average molecular weight is 316 g/mol. The Labute approximate surface area is 122 Å². The Kier molecular flexibility index (Phi) is 4.29. The molecule has 0 unspecified atom stereocenters.